The Kier molecular flexibility index (Phi) is 7.86. The summed E-state index contributed by atoms with van der Waals surface area (Å²) in [5.74, 6) is -0.967. The van der Waals surface area contributed by atoms with Gasteiger partial charge >= 0.3 is 5.97 Å². The number of carboxylic acid groups (broad SMARTS) is 1. The standard InChI is InChI=1S/C28H25Cl2N3O4/c1-16(2)27(34)20(26(31)25-21(29)6-4-7-22(25)30)15-37-19-9-10-24-17(13-19)11-12-33(24)14-18-5-3-8-23(32-18)28(35)36/h3-13,16H,14-15,31H2,1-2H3,(H,35,36)/b26-20-. The maximum Gasteiger partial charge on any atom is 0.354 e. The largest absolute Gasteiger partial charge is 0.489 e. The highest BCUT2D eigenvalue weighted by Gasteiger charge is 2.22. The number of rotatable bonds is 9. The summed E-state index contributed by atoms with van der Waals surface area (Å²) in [5, 5.41) is 10.8. The molecular formula is C28H25Cl2N3O4. The summed E-state index contributed by atoms with van der Waals surface area (Å²) >= 11 is 12.7. The number of nitrogens with two attached hydrogens (primary N) is 1. The van der Waals surface area contributed by atoms with Crippen LogP contribution < -0.4 is 10.5 Å². The van der Waals surface area contributed by atoms with Gasteiger partial charge in [-0.15, -0.1) is 0 Å². The molecule has 0 saturated carbocycles. The fourth-order valence-corrected chi connectivity index (χ4v) is 4.56. The third kappa shape index (κ3) is 5.79. The number of aromatic carboxylic acids is 1. The molecule has 2 heterocycles. The number of hydrogen-bond acceptors (Lipinski definition) is 5. The molecule has 0 aliphatic heterocycles. The Morgan fingerprint density at radius 1 is 1.05 bits per heavy atom. The Labute approximate surface area is 224 Å². The summed E-state index contributed by atoms with van der Waals surface area (Å²) in [7, 11) is 0. The molecule has 0 spiro atoms. The first-order chi connectivity index (χ1) is 17.7. The molecule has 4 aromatic rings. The van der Waals surface area contributed by atoms with Gasteiger partial charge in [0.1, 0.15) is 18.1 Å². The van der Waals surface area contributed by atoms with E-state index in [0.717, 1.165) is 10.9 Å². The molecule has 0 fully saturated rings. The molecule has 0 unspecified atom stereocenters. The van der Waals surface area contributed by atoms with E-state index in [9.17, 15) is 14.7 Å². The van der Waals surface area contributed by atoms with E-state index in [-0.39, 0.29) is 29.7 Å². The molecule has 4 rings (SSSR count). The van der Waals surface area contributed by atoms with Crippen LogP contribution in [0.1, 0.15) is 35.6 Å². The number of ether oxygens (including phenoxy) is 1. The SMILES string of the molecule is CC(C)C(=O)/C(COc1ccc2c(ccn2Cc2cccc(C(=O)O)n2)c1)=C(\N)c1c(Cl)cccc1Cl. The number of benzene rings is 2. The zero-order chi connectivity index (χ0) is 26.7. The van der Waals surface area contributed by atoms with Crippen LogP contribution in [0.4, 0.5) is 0 Å². The van der Waals surface area contributed by atoms with Gasteiger partial charge in [-0.2, -0.15) is 0 Å². The van der Waals surface area contributed by atoms with Crippen molar-refractivity contribution < 1.29 is 19.4 Å². The van der Waals surface area contributed by atoms with E-state index in [4.69, 9.17) is 33.7 Å². The number of aromatic nitrogens is 2. The number of pyridine rings is 1. The van der Waals surface area contributed by atoms with Crippen molar-refractivity contribution >= 4 is 51.6 Å². The fraction of sp³-hybridized carbons (Fsp3) is 0.179. The Morgan fingerprint density at radius 2 is 1.76 bits per heavy atom. The number of carbonyl (C=O) groups is 2. The minimum absolute atomic E-state index is 0.00167. The zero-order valence-electron chi connectivity index (χ0n) is 20.2. The number of carbonyl (C=O) groups excluding carboxylic acids is 1. The van der Waals surface area contributed by atoms with E-state index < -0.39 is 5.97 Å². The number of fused-ring (bicyclic) bond motifs is 1. The zero-order valence-corrected chi connectivity index (χ0v) is 21.8. The predicted molar refractivity (Wildman–Crippen MR) is 145 cm³/mol. The first-order valence-corrected chi connectivity index (χ1v) is 12.3. The lowest BCUT2D eigenvalue weighted by atomic mass is 9.97. The summed E-state index contributed by atoms with van der Waals surface area (Å²) in [6.45, 7) is 3.94. The van der Waals surface area contributed by atoms with E-state index in [2.05, 4.69) is 4.98 Å². The van der Waals surface area contributed by atoms with Gasteiger partial charge in [0.15, 0.2) is 5.78 Å². The number of halogens is 2. The molecule has 3 N–H and O–H groups in total. The molecule has 0 bridgehead atoms. The first-order valence-electron chi connectivity index (χ1n) is 11.5. The Balaban J connectivity index is 1.59. The van der Waals surface area contributed by atoms with Crippen LogP contribution in [0.15, 0.2) is 72.4 Å². The van der Waals surface area contributed by atoms with E-state index in [1.165, 1.54) is 6.07 Å². The second-order valence-electron chi connectivity index (χ2n) is 8.78. The summed E-state index contributed by atoms with van der Waals surface area (Å²) in [6, 6.07) is 17.5. The number of ketones is 1. The number of hydrogen-bond donors (Lipinski definition) is 2. The normalized spacial score (nSPS) is 12.0. The molecule has 0 aliphatic carbocycles. The average Bonchev–Trinajstić information content (AvgIpc) is 3.25. The molecule has 0 saturated heterocycles. The lowest BCUT2D eigenvalue weighted by Crippen LogP contribution is -2.21. The molecule has 0 aliphatic rings. The van der Waals surface area contributed by atoms with E-state index in [1.54, 1.807) is 50.2 Å². The number of Topliss-reactive ketones (excluding diaryl/α,β-unsaturated/α-hetero) is 1. The quantitative estimate of drug-likeness (QED) is 0.251. The second kappa shape index (κ2) is 11.1. The van der Waals surface area contributed by atoms with Crippen molar-refractivity contribution in [1.29, 1.82) is 0 Å². The maximum absolute atomic E-state index is 13.0. The van der Waals surface area contributed by atoms with Gasteiger partial charge < -0.3 is 20.1 Å². The Morgan fingerprint density at radius 3 is 2.43 bits per heavy atom. The van der Waals surface area contributed by atoms with Crippen LogP contribution in [0.2, 0.25) is 10.0 Å². The van der Waals surface area contributed by atoms with Gasteiger partial charge in [0.05, 0.1) is 33.6 Å². The molecule has 0 radical (unpaired) electrons. The smallest absolute Gasteiger partial charge is 0.354 e. The fourth-order valence-electron chi connectivity index (χ4n) is 3.96. The van der Waals surface area contributed by atoms with Gasteiger partial charge in [0.25, 0.3) is 0 Å². The summed E-state index contributed by atoms with van der Waals surface area (Å²) < 4.78 is 7.98. The summed E-state index contributed by atoms with van der Waals surface area (Å²) in [6.07, 6.45) is 1.90. The van der Waals surface area contributed by atoms with Crippen LogP contribution >= 0.6 is 23.2 Å². The predicted octanol–water partition coefficient (Wildman–Crippen LogP) is 6.06. The molecule has 0 atom stereocenters. The van der Waals surface area contributed by atoms with Gasteiger partial charge in [-0.05, 0) is 48.5 Å². The third-order valence-electron chi connectivity index (χ3n) is 5.86. The molecule has 9 heteroatoms. The molecule has 7 nitrogen and oxygen atoms in total. The molecule has 190 valence electrons. The van der Waals surface area contributed by atoms with Crippen molar-refractivity contribution in [2.45, 2.75) is 20.4 Å². The van der Waals surface area contributed by atoms with Crippen molar-refractivity contribution in [3.8, 4) is 5.75 Å². The van der Waals surface area contributed by atoms with Crippen LogP contribution in [0, 0.1) is 5.92 Å². The lowest BCUT2D eigenvalue weighted by molar-refractivity contribution is -0.118. The minimum atomic E-state index is -1.07. The minimum Gasteiger partial charge on any atom is -0.489 e. The van der Waals surface area contributed by atoms with Crippen molar-refractivity contribution in [1.82, 2.24) is 9.55 Å². The highest BCUT2D eigenvalue weighted by Crippen LogP contribution is 2.31. The Bertz CT molecular complexity index is 1500. The number of nitrogens with zero attached hydrogens (tertiary/aromatic N) is 2. The van der Waals surface area contributed by atoms with Crippen LogP contribution in [-0.2, 0) is 11.3 Å². The second-order valence-corrected chi connectivity index (χ2v) is 9.59. The molecule has 2 aromatic carbocycles. The molecule has 37 heavy (non-hydrogen) atoms. The van der Waals surface area contributed by atoms with Crippen LogP contribution in [-0.4, -0.2) is 33.0 Å². The van der Waals surface area contributed by atoms with Gasteiger partial charge in [0, 0.05) is 28.6 Å². The average molecular weight is 538 g/mol. The van der Waals surface area contributed by atoms with Crippen LogP contribution in [0.5, 0.6) is 5.75 Å². The van der Waals surface area contributed by atoms with Gasteiger partial charge in [0.2, 0.25) is 0 Å². The van der Waals surface area contributed by atoms with Gasteiger partial charge in [-0.3, -0.25) is 4.79 Å². The Hall–Kier alpha value is -3.81. The maximum atomic E-state index is 13.0. The van der Waals surface area contributed by atoms with E-state index in [0.29, 0.717) is 39.2 Å². The highest BCUT2D eigenvalue weighted by molar-refractivity contribution is 6.37. The van der Waals surface area contributed by atoms with Gasteiger partial charge in [-0.1, -0.05) is 49.2 Å². The lowest BCUT2D eigenvalue weighted by Gasteiger charge is -2.16. The van der Waals surface area contributed by atoms with Gasteiger partial charge in [-0.25, -0.2) is 9.78 Å². The van der Waals surface area contributed by atoms with Crippen molar-refractivity contribution in [2.75, 3.05) is 6.61 Å². The van der Waals surface area contributed by atoms with Crippen LogP contribution in [0.25, 0.3) is 16.6 Å². The topological polar surface area (TPSA) is 107 Å². The van der Waals surface area contributed by atoms with E-state index in [1.807, 2.05) is 29.0 Å². The highest BCUT2D eigenvalue weighted by atomic mass is 35.5. The molecule has 2 aromatic heterocycles. The van der Waals surface area contributed by atoms with Crippen molar-refractivity contribution in [3.63, 3.8) is 0 Å². The molecule has 0 amide bonds. The van der Waals surface area contributed by atoms with Crippen molar-refractivity contribution in [2.24, 2.45) is 11.7 Å². The first kappa shape index (κ1) is 26.3. The van der Waals surface area contributed by atoms with E-state index >= 15 is 0 Å². The number of carboxylic acids is 1. The molecular weight excluding hydrogens is 513 g/mol. The third-order valence-corrected chi connectivity index (χ3v) is 6.49. The monoisotopic (exact) mass is 537 g/mol. The summed E-state index contributed by atoms with van der Waals surface area (Å²) in [5.41, 5.74) is 8.86. The van der Waals surface area contributed by atoms with Crippen LogP contribution in [0.3, 0.4) is 0 Å². The van der Waals surface area contributed by atoms with Crippen molar-refractivity contribution in [3.05, 3.63) is 99.4 Å². The summed E-state index contributed by atoms with van der Waals surface area (Å²) in [4.78, 5) is 28.4.